The molecule has 0 amide bonds. The molecule has 3 fully saturated rings. The fraction of sp³-hybridized carbons (Fsp3) is 0.696. The lowest BCUT2D eigenvalue weighted by atomic mass is 9.48. The zero-order valence-corrected chi connectivity index (χ0v) is 16.4. The van der Waals surface area contributed by atoms with Gasteiger partial charge in [0.15, 0.2) is 23.4 Å². The summed E-state index contributed by atoms with van der Waals surface area (Å²) in [6.07, 6.45) is 6.45. The summed E-state index contributed by atoms with van der Waals surface area (Å²) < 4.78 is 12.1. The van der Waals surface area contributed by atoms with Gasteiger partial charge in [-0.25, -0.2) is 0 Å². The maximum absolute atomic E-state index is 13.2. The monoisotopic (exact) mass is 367 g/mol. The lowest BCUT2D eigenvalue weighted by molar-refractivity contribution is -0.145. The van der Waals surface area contributed by atoms with E-state index in [-0.39, 0.29) is 11.5 Å². The van der Waals surface area contributed by atoms with Gasteiger partial charge in [0.05, 0.1) is 7.11 Å². The number of piperidine rings is 1. The Kier molecular flexibility index (Phi) is 3.34. The Labute approximate surface area is 161 Å². The number of hydrogen-bond donors (Lipinski definition) is 0. The van der Waals surface area contributed by atoms with Gasteiger partial charge < -0.3 is 9.47 Å². The maximum atomic E-state index is 13.2. The smallest absolute Gasteiger partial charge is 0.174 e. The highest BCUT2D eigenvalue weighted by molar-refractivity contribution is 5.89. The molecule has 2 heterocycles. The van der Waals surface area contributed by atoms with Crippen molar-refractivity contribution in [2.75, 3.05) is 20.2 Å². The van der Waals surface area contributed by atoms with E-state index in [1.54, 1.807) is 7.11 Å². The second-order valence-electron chi connectivity index (χ2n) is 9.49. The lowest BCUT2D eigenvalue weighted by Gasteiger charge is -2.60. The Hall–Kier alpha value is -1.55. The third-order valence-corrected chi connectivity index (χ3v) is 8.29. The molecule has 4 nitrogen and oxygen atoms in total. The van der Waals surface area contributed by atoms with Gasteiger partial charge in [-0.05, 0) is 61.6 Å². The van der Waals surface area contributed by atoms with Crippen LogP contribution in [-0.4, -0.2) is 43.0 Å². The number of ether oxygens (including phenoxy) is 2. The Bertz CT molecular complexity index is 816. The molecular weight excluding hydrogens is 338 g/mol. The molecule has 0 N–H and O–H groups in total. The van der Waals surface area contributed by atoms with Crippen molar-refractivity contribution < 1.29 is 14.3 Å². The number of ketones is 1. The van der Waals surface area contributed by atoms with E-state index >= 15 is 0 Å². The number of nitrogens with zero attached hydrogens (tertiary/aromatic N) is 1. The van der Waals surface area contributed by atoms with Crippen LogP contribution < -0.4 is 9.47 Å². The molecule has 6 rings (SSSR count). The van der Waals surface area contributed by atoms with Gasteiger partial charge >= 0.3 is 0 Å². The zero-order chi connectivity index (χ0) is 18.3. The third kappa shape index (κ3) is 2.00. The van der Waals surface area contributed by atoms with E-state index in [0.717, 1.165) is 43.2 Å². The lowest BCUT2D eigenvalue weighted by Crippen LogP contribution is -2.68. The summed E-state index contributed by atoms with van der Waals surface area (Å²) in [6, 6.07) is 4.86. The molecule has 3 aliphatic carbocycles. The average molecular weight is 367 g/mol. The predicted molar refractivity (Wildman–Crippen MR) is 102 cm³/mol. The Balaban J connectivity index is 1.55. The molecule has 0 radical (unpaired) electrons. The van der Waals surface area contributed by atoms with Gasteiger partial charge in [-0.15, -0.1) is 0 Å². The highest BCUT2D eigenvalue weighted by atomic mass is 16.5. The summed E-state index contributed by atoms with van der Waals surface area (Å²) in [6.45, 7) is 4.64. The van der Waals surface area contributed by atoms with Gasteiger partial charge in [-0.2, -0.15) is 0 Å². The van der Waals surface area contributed by atoms with Gasteiger partial charge in [0.25, 0.3) is 0 Å². The van der Waals surface area contributed by atoms with Gasteiger partial charge in [0.2, 0.25) is 0 Å². The average Bonchev–Trinajstić information content (AvgIpc) is 3.42. The van der Waals surface area contributed by atoms with Crippen LogP contribution in [0.1, 0.15) is 50.2 Å². The number of carbonyl (C=O) groups is 1. The molecule has 0 aromatic heterocycles. The van der Waals surface area contributed by atoms with Crippen LogP contribution in [-0.2, 0) is 16.6 Å². The van der Waals surface area contributed by atoms with Gasteiger partial charge in [0.1, 0.15) is 0 Å². The van der Waals surface area contributed by atoms with Crippen LogP contribution in [0.3, 0.4) is 0 Å². The van der Waals surface area contributed by atoms with E-state index in [1.165, 1.54) is 30.5 Å². The topological polar surface area (TPSA) is 38.8 Å². The van der Waals surface area contributed by atoms with Crippen LogP contribution >= 0.6 is 0 Å². The van der Waals surface area contributed by atoms with Gasteiger partial charge in [-0.3, -0.25) is 9.69 Å². The van der Waals surface area contributed by atoms with E-state index in [1.807, 2.05) is 6.07 Å². The third-order valence-electron chi connectivity index (χ3n) is 8.29. The minimum atomic E-state index is -0.291. The Morgan fingerprint density at radius 1 is 1.30 bits per heavy atom. The minimum absolute atomic E-state index is 0.113. The molecule has 2 bridgehead atoms. The predicted octanol–water partition coefficient (Wildman–Crippen LogP) is 3.35. The van der Waals surface area contributed by atoms with E-state index in [0.29, 0.717) is 30.1 Å². The Morgan fingerprint density at radius 2 is 2.15 bits per heavy atom. The fourth-order valence-corrected chi connectivity index (χ4v) is 7.06. The number of likely N-dealkylation sites (tertiary alicyclic amines) is 1. The first kappa shape index (κ1) is 16.4. The molecular formula is C23H29NO3. The summed E-state index contributed by atoms with van der Waals surface area (Å²) in [5.74, 6) is 3.93. The number of benzene rings is 1. The summed E-state index contributed by atoms with van der Waals surface area (Å²) in [7, 11) is 1.71. The van der Waals surface area contributed by atoms with Crippen molar-refractivity contribution in [2.45, 2.75) is 63.0 Å². The SMILES string of the molecule is CCC1CC(=O)C2Oc3c(OC)ccc4c3C23CCN(CC2CC2)C(C4)C13. The fourth-order valence-electron chi connectivity index (χ4n) is 7.06. The highest BCUT2D eigenvalue weighted by Gasteiger charge is 2.68. The quantitative estimate of drug-likeness (QED) is 0.818. The van der Waals surface area contributed by atoms with Crippen LogP contribution in [0.5, 0.6) is 11.5 Å². The number of Topliss-reactive ketones (excluding diaryl/α,β-unsaturated/α-hetero) is 1. The van der Waals surface area contributed by atoms with Crippen LogP contribution in [0, 0.1) is 17.8 Å². The molecule has 2 aliphatic heterocycles. The van der Waals surface area contributed by atoms with Crippen molar-refractivity contribution in [3.8, 4) is 11.5 Å². The summed E-state index contributed by atoms with van der Waals surface area (Å²) in [5.41, 5.74) is 2.63. The highest BCUT2D eigenvalue weighted by Crippen LogP contribution is 2.64. The first-order valence-corrected chi connectivity index (χ1v) is 10.8. The number of hydrogen-bond acceptors (Lipinski definition) is 4. The molecule has 1 aromatic rings. The number of rotatable bonds is 4. The maximum Gasteiger partial charge on any atom is 0.174 e. The van der Waals surface area contributed by atoms with Crippen LogP contribution in [0.25, 0.3) is 0 Å². The molecule has 1 spiro atoms. The van der Waals surface area contributed by atoms with E-state index in [2.05, 4.69) is 17.9 Å². The van der Waals surface area contributed by atoms with Gasteiger partial charge in [-0.1, -0.05) is 19.4 Å². The summed E-state index contributed by atoms with van der Waals surface area (Å²) in [4.78, 5) is 16.0. The molecule has 5 atom stereocenters. The molecule has 2 saturated carbocycles. The minimum Gasteiger partial charge on any atom is -0.493 e. The molecule has 1 aromatic carbocycles. The molecule has 1 saturated heterocycles. The summed E-state index contributed by atoms with van der Waals surface area (Å²) in [5, 5.41) is 0. The van der Waals surface area contributed by atoms with E-state index < -0.39 is 0 Å². The van der Waals surface area contributed by atoms with Gasteiger partial charge in [0, 0.05) is 30.0 Å². The van der Waals surface area contributed by atoms with Crippen LogP contribution in [0.2, 0.25) is 0 Å². The summed E-state index contributed by atoms with van der Waals surface area (Å²) >= 11 is 0. The Morgan fingerprint density at radius 3 is 2.89 bits per heavy atom. The van der Waals surface area contributed by atoms with E-state index in [9.17, 15) is 4.79 Å². The zero-order valence-electron chi connectivity index (χ0n) is 16.4. The van der Waals surface area contributed by atoms with Crippen molar-refractivity contribution in [3.05, 3.63) is 23.3 Å². The molecule has 4 heteroatoms. The standard InChI is InChI=1S/C23H29NO3/c1-3-14-11-17(25)22-23-8-9-24(12-13-4-5-13)16(19(14)23)10-15-6-7-18(26-2)21(27-22)20(15)23/h6-7,13-14,16,19,22H,3-5,8-12H2,1-2H3. The van der Waals surface area contributed by atoms with Crippen molar-refractivity contribution >= 4 is 5.78 Å². The van der Waals surface area contributed by atoms with Crippen LogP contribution in [0.4, 0.5) is 0 Å². The first-order chi connectivity index (χ1) is 13.2. The number of carbonyl (C=O) groups excluding carboxylic acids is 1. The molecule has 5 unspecified atom stereocenters. The first-order valence-electron chi connectivity index (χ1n) is 10.8. The van der Waals surface area contributed by atoms with Crippen molar-refractivity contribution in [1.82, 2.24) is 4.90 Å². The number of methoxy groups -OCH3 is 1. The molecule has 27 heavy (non-hydrogen) atoms. The van der Waals surface area contributed by atoms with Crippen molar-refractivity contribution in [1.29, 1.82) is 0 Å². The largest absolute Gasteiger partial charge is 0.493 e. The van der Waals surface area contributed by atoms with Crippen molar-refractivity contribution in [2.24, 2.45) is 17.8 Å². The van der Waals surface area contributed by atoms with Crippen molar-refractivity contribution in [3.63, 3.8) is 0 Å². The van der Waals surface area contributed by atoms with Crippen LogP contribution in [0.15, 0.2) is 12.1 Å². The van der Waals surface area contributed by atoms with E-state index in [4.69, 9.17) is 9.47 Å². The molecule has 5 aliphatic rings. The normalized spacial score (nSPS) is 39.1. The second kappa shape index (κ2) is 5.50. The second-order valence-corrected chi connectivity index (χ2v) is 9.49. The molecule has 144 valence electrons.